The van der Waals surface area contributed by atoms with E-state index in [0.29, 0.717) is 24.8 Å². The highest BCUT2D eigenvalue weighted by atomic mass is 32.1. The second kappa shape index (κ2) is 10.9. The summed E-state index contributed by atoms with van der Waals surface area (Å²) in [5, 5.41) is 6.46. The first-order valence-electron chi connectivity index (χ1n) is 11.8. The van der Waals surface area contributed by atoms with E-state index in [2.05, 4.69) is 54.4 Å². The van der Waals surface area contributed by atoms with E-state index in [-0.39, 0.29) is 5.56 Å². The van der Waals surface area contributed by atoms with Crippen LogP contribution in [0.1, 0.15) is 52.1 Å². The van der Waals surface area contributed by atoms with Gasteiger partial charge in [0.1, 0.15) is 5.65 Å². The van der Waals surface area contributed by atoms with Crippen molar-refractivity contribution in [1.82, 2.24) is 14.6 Å². The van der Waals surface area contributed by atoms with Gasteiger partial charge in [0.2, 0.25) is 0 Å². The van der Waals surface area contributed by atoms with Gasteiger partial charge in [-0.15, -0.1) is 11.3 Å². The molecule has 0 aliphatic rings. The Morgan fingerprint density at radius 3 is 2.67 bits per heavy atom. The van der Waals surface area contributed by atoms with Gasteiger partial charge in [-0.2, -0.15) is 9.61 Å². The van der Waals surface area contributed by atoms with Gasteiger partial charge in [-0.25, -0.2) is 0 Å². The third-order valence-corrected chi connectivity index (χ3v) is 6.98. The number of hydrogen-bond acceptors (Lipinski definition) is 4. The molecule has 0 saturated heterocycles. The molecule has 174 valence electrons. The third kappa shape index (κ3) is 6.01. The molecule has 5 nitrogen and oxygen atoms in total. The summed E-state index contributed by atoms with van der Waals surface area (Å²) in [6.45, 7) is 7.94. The van der Waals surface area contributed by atoms with Crippen LogP contribution in [0.3, 0.4) is 0 Å². The van der Waals surface area contributed by atoms with E-state index in [0.717, 1.165) is 28.5 Å². The monoisotopic (exact) mass is 463 g/mol. The van der Waals surface area contributed by atoms with Gasteiger partial charge in [-0.3, -0.25) is 4.79 Å². The maximum atomic E-state index is 12.6. The number of H-pyrrole nitrogens is 1. The molecule has 0 spiro atoms. The van der Waals surface area contributed by atoms with Crippen molar-refractivity contribution in [3.8, 4) is 21.6 Å². The number of rotatable bonds is 11. The number of fused-ring (bicyclic) bond motifs is 1. The highest BCUT2D eigenvalue weighted by Gasteiger charge is 2.13. The molecule has 4 aromatic rings. The first-order chi connectivity index (χ1) is 16.0. The minimum absolute atomic E-state index is 0.143. The van der Waals surface area contributed by atoms with Crippen LogP contribution in [0.25, 0.3) is 27.2 Å². The molecular formula is C27H33N3O2S. The average molecular weight is 464 g/mol. The van der Waals surface area contributed by atoms with Gasteiger partial charge in [0.15, 0.2) is 0 Å². The minimum atomic E-state index is -0.143. The van der Waals surface area contributed by atoms with Crippen molar-refractivity contribution in [3.05, 3.63) is 70.1 Å². The Bertz CT molecular complexity index is 1220. The minimum Gasteiger partial charge on any atom is -0.375 e. The zero-order chi connectivity index (χ0) is 23.2. The molecule has 33 heavy (non-hydrogen) atoms. The molecule has 6 heteroatoms. The van der Waals surface area contributed by atoms with Crippen LogP contribution < -0.4 is 5.56 Å². The van der Waals surface area contributed by atoms with Crippen molar-refractivity contribution < 1.29 is 4.74 Å². The van der Waals surface area contributed by atoms with Gasteiger partial charge in [-0.1, -0.05) is 70.4 Å². The van der Waals surface area contributed by atoms with Crippen LogP contribution in [0.4, 0.5) is 0 Å². The van der Waals surface area contributed by atoms with Gasteiger partial charge in [0, 0.05) is 23.2 Å². The quantitative estimate of drug-likeness (QED) is 0.249. The SMILES string of the molecule is CC(C)CCCC(C)CCOCc1cc(=O)n2ncc(-c3cc(-c4ccccc4)cs3)c2[nH]1. The molecule has 0 aliphatic heterocycles. The highest BCUT2D eigenvalue weighted by Crippen LogP contribution is 2.34. The molecule has 1 unspecified atom stereocenters. The van der Waals surface area contributed by atoms with Crippen molar-refractivity contribution in [1.29, 1.82) is 0 Å². The van der Waals surface area contributed by atoms with Gasteiger partial charge in [0.05, 0.1) is 18.4 Å². The Hall–Kier alpha value is -2.70. The fraction of sp³-hybridized carbons (Fsp3) is 0.407. The largest absolute Gasteiger partial charge is 0.375 e. The summed E-state index contributed by atoms with van der Waals surface area (Å²) in [5.41, 5.74) is 4.62. The molecule has 3 aromatic heterocycles. The highest BCUT2D eigenvalue weighted by molar-refractivity contribution is 7.14. The number of thiophene rings is 1. The fourth-order valence-corrected chi connectivity index (χ4v) is 4.97. The lowest BCUT2D eigenvalue weighted by molar-refractivity contribution is 0.105. The van der Waals surface area contributed by atoms with E-state index in [9.17, 15) is 4.79 Å². The van der Waals surface area contributed by atoms with Gasteiger partial charge < -0.3 is 9.72 Å². The number of nitrogens with zero attached hydrogens (tertiary/aromatic N) is 2. The summed E-state index contributed by atoms with van der Waals surface area (Å²) >= 11 is 1.65. The topological polar surface area (TPSA) is 59.4 Å². The number of ether oxygens (including phenoxy) is 1. The molecule has 1 aromatic carbocycles. The van der Waals surface area contributed by atoms with E-state index in [4.69, 9.17) is 4.74 Å². The molecule has 1 atom stereocenters. The van der Waals surface area contributed by atoms with Gasteiger partial charge in [-0.05, 0) is 40.8 Å². The molecule has 4 rings (SSSR count). The van der Waals surface area contributed by atoms with E-state index in [1.54, 1.807) is 23.6 Å². The summed E-state index contributed by atoms with van der Waals surface area (Å²) in [6, 6.07) is 14.0. The summed E-state index contributed by atoms with van der Waals surface area (Å²) in [5.74, 6) is 1.43. The fourth-order valence-electron chi connectivity index (χ4n) is 4.04. The van der Waals surface area contributed by atoms with Crippen molar-refractivity contribution in [3.63, 3.8) is 0 Å². The average Bonchev–Trinajstić information content (AvgIpc) is 3.44. The Morgan fingerprint density at radius 1 is 1.06 bits per heavy atom. The lowest BCUT2D eigenvalue weighted by Crippen LogP contribution is -2.16. The van der Waals surface area contributed by atoms with Crippen LogP contribution in [-0.2, 0) is 11.3 Å². The lowest BCUT2D eigenvalue weighted by atomic mass is 9.98. The lowest BCUT2D eigenvalue weighted by Gasteiger charge is -2.12. The summed E-state index contributed by atoms with van der Waals surface area (Å²) < 4.78 is 7.34. The van der Waals surface area contributed by atoms with Crippen LogP contribution in [-0.4, -0.2) is 21.2 Å². The van der Waals surface area contributed by atoms with E-state index in [1.165, 1.54) is 34.9 Å². The van der Waals surface area contributed by atoms with Gasteiger partial charge in [0.25, 0.3) is 5.56 Å². The Morgan fingerprint density at radius 2 is 1.88 bits per heavy atom. The predicted octanol–water partition coefficient (Wildman–Crippen LogP) is 6.79. The van der Waals surface area contributed by atoms with Crippen LogP contribution in [0.15, 0.2) is 58.8 Å². The Labute approximate surface area is 199 Å². The Kier molecular flexibility index (Phi) is 7.78. The molecular weight excluding hydrogens is 430 g/mol. The van der Waals surface area contributed by atoms with Crippen LogP contribution >= 0.6 is 11.3 Å². The van der Waals surface area contributed by atoms with Crippen molar-refractivity contribution in [2.75, 3.05) is 6.61 Å². The van der Waals surface area contributed by atoms with E-state index in [1.807, 2.05) is 18.2 Å². The second-order valence-electron chi connectivity index (χ2n) is 9.29. The Balaban J connectivity index is 1.42. The standard InChI is InChI=1S/C27H33N3O2S/c1-19(2)8-7-9-20(3)12-13-32-17-23-15-26(31)30-27(29-23)24(16-28-30)25-14-22(18-33-25)21-10-5-4-6-11-21/h4-6,10-11,14-16,18-20,29H,7-9,12-13,17H2,1-3H3. The molecule has 0 radical (unpaired) electrons. The smallest absolute Gasteiger partial charge is 0.274 e. The molecule has 0 fully saturated rings. The van der Waals surface area contributed by atoms with E-state index < -0.39 is 0 Å². The molecule has 0 aliphatic carbocycles. The first-order valence-corrected chi connectivity index (χ1v) is 12.7. The zero-order valence-corrected chi connectivity index (χ0v) is 20.5. The zero-order valence-electron chi connectivity index (χ0n) is 19.7. The third-order valence-electron chi connectivity index (χ3n) is 6.02. The summed E-state index contributed by atoms with van der Waals surface area (Å²) in [6.07, 6.45) is 6.62. The first kappa shape index (κ1) is 23.5. The summed E-state index contributed by atoms with van der Waals surface area (Å²) in [7, 11) is 0. The van der Waals surface area contributed by atoms with Gasteiger partial charge >= 0.3 is 0 Å². The number of hydrogen-bond donors (Lipinski definition) is 1. The summed E-state index contributed by atoms with van der Waals surface area (Å²) in [4.78, 5) is 17.1. The predicted molar refractivity (Wildman–Crippen MR) is 137 cm³/mol. The van der Waals surface area contributed by atoms with Crippen LogP contribution in [0, 0.1) is 11.8 Å². The molecule has 3 heterocycles. The maximum absolute atomic E-state index is 12.6. The number of aromatic nitrogens is 3. The molecule has 0 saturated carbocycles. The molecule has 0 bridgehead atoms. The molecule has 0 amide bonds. The van der Waals surface area contributed by atoms with Crippen molar-refractivity contribution in [2.24, 2.45) is 11.8 Å². The maximum Gasteiger partial charge on any atom is 0.274 e. The number of benzene rings is 1. The van der Waals surface area contributed by atoms with Crippen molar-refractivity contribution in [2.45, 2.75) is 53.1 Å². The van der Waals surface area contributed by atoms with Crippen molar-refractivity contribution >= 4 is 17.0 Å². The van der Waals surface area contributed by atoms with Crippen LogP contribution in [0.5, 0.6) is 0 Å². The number of nitrogens with one attached hydrogen (secondary N) is 1. The normalized spacial score (nSPS) is 12.6. The number of aromatic amines is 1. The molecule has 1 N–H and O–H groups in total. The van der Waals surface area contributed by atoms with Crippen LogP contribution in [0.2, 0.25) is 0 Å². The second-order valence-corrected chi connectivity index (χ2v) is 10.2. The van der Waals surface area contributed by atoms with E-state index >= 15 is 0 Å².